The Labute approximate surface area is 159 Å². The number of ether oxygens (including phenoxy) is 3. The zero-order valence-corrected chi connectivity index (χ0v) is 16.5. The number of methoxy groups -OCH3 is 3. The highest BCUT2D eigenvalue weighted by molar-refractivity contribution is 6.01. The first-order chi connectivity index (χ1) is 12.9. The molecule has 2 aliphatic rings. The van der Waals surface area contributed by atoms with E-state index in [2.05, 4.69) is 0 Å². The minimum atomic E-state index is -0.355. The quantitative estimate of drug-likeness (QED) is 0.789. The summed E-state index contributed by atoms with van der Waals surface area (Å²) in [4.78, 5) is 25.8. The van der Waals surface area contributed by atoms with Crippen LogP contribution in [0, 0.1) is 0 Å². The van der Waals surface area contributed by atoms with Gasteiger partial charge in [0, 0.05) is 49.7 Å². The number of Topliss-reactive ketones (excluding diaryl/α,β-unsaturated/α-hetero) is 1. The van der Waals surface area contributed by atoms with E-state index in [1.54, 1.807) is 37.4 Å². The summed E-state index contributed by atoms with van der Waals surface area (Å²) >= 11 is 0. The number of nitrogens with zero attached hydrogens (tertiary/aromatic N) is 2. The molecule has 1 heterocycles. The van der Waals surface area contributed by atoms with Crippen LogP contribution in [0.1, 0.15) is 37.2 Å². The molecule has 1 aromatic carbocycles. The summed E-state index contributed by atoms with van der Waals surface area (Å²) in [5, 5.41) is 3.38. The molecule has 7 heteroatoms. The zero-order chi connectivity index (χ0) is 19.7. The van der Waals surface area contributed by atoms with Crippen LogP contribution in [0.3, 0.4) is 0 Å². The predicted octanol–water partition coefficient (Wildman–Crippen LogP) is 2.51. The molecule has 146 valence electrons. The summed E-state index contributed by atoms with van der Waals surface area (Å²) in [6.07, 6.45) is 2.16. The second-order valence-corrected chi connectivity index (χ2v) is 6.87. The SMILES string of the molecule is COc1ccc(C2CC(=O)N(N(C)C)C3=C2C(=O)CCC3)c(OC)c1OC. The average molecular weight is 374 g/mol. The summed E-state index contributed by atoms with van der Waals surface area (Å²) in [7, 11) is 8.29. The molecule has 3 rings (SSSR count). The molecule has 1 aliphatic carbocycles. The Bertz CT molecular complexity index is 800. The average Bonchev–Trinajstić information content (AvgIpc) is 2.65. The molecule has 0 radical (unpaired) electrons. The Kier molecular flexibility index (Phi) is 5.41. The third kappa shape index (κ3) is 3.16. The van der Waals surface area contributed by atoms with Gasteiger partial charge in [0.25, 0.3) is 0 Å². The van der Waals surface area contributed by atoms with Crippen molar-refractivity contribution in [2.75, 3.05) is 35.4 Å². The summed E-state index contributed by atoms with van der Waals surface area (Å²) < 4.78 is 16.5. The first kappa shape index (κ1) is 19.2. The lowest BCUT2D eigenvalue weighted by Crippen LogP contribution is -2.47. The van der Waals surface area contributed by atoms with Gasteiger partial charge in [-0.05, 0) is 18.9 Å². The normalized spacial score (nSPS) is 20.1. The molecule has 0 fully saturated rings. The van der Waals surface area contributed by atoms with Gasteiger partial charge in [-0.1, -0.05) is 6.07 Å². The summed E-state index contributed by atoms with van der Waals surface area (Å²) in [6, 6.07) is 3.64. The predicted molar refractivity (Wildman–Crippen MR) is 99.9 cm³/mol. The minimum absolute atomic E-state index is 0.0321. The number of hydrogen-bond donors (Lipinski definition) is 0. The monoisotopic (exact) mass is 374 g/mol. The number of benzene rings is 1. The molecule has 0 saturated carbocycles. The van der Waals surface area contributed by atoms with Crippen LogP contribution in [0.25, 0.3) is 0 Å². The molecular weight excluding hydrogens is 348 g/mol. The number of hydrazine groups is 1. The second kappa shape index (κ2) is 7.60. The van der Waals surface area contributed by atoms with Crippen molar-refractivity contribution in [2.24, 2.45) is 0 Å². The van der Waals surface area contributed by atoms with E-state index in [9.17, 15) is 9.59 Å². The van der Waals surface area contributed by atoms with Crippen LogP contribution in [0.15, 0.2) is 23.4 Å². The first-order valence-corrected chi connectivity index (χ1v) is 8.99. The van der Waals surface area contributed by atoms with Crippen molar-refractivity contribution in [3.05, 3.63) is 29.0 Å². The summed E-state index contributed by atoms with van der Waals surface area (Å²) in [5.41, 5.74) is 2.28. The third-order valence-electron chi connectivity index (χ3n) is 5.16. The van der Waals surface area contributed by atoms with E-state index >= 15 is 0 Å². The van der Waals surface area contributed by atoms with Crippen molar-refractivity contribution in [2.45, 2.75) is 31.6 Å². The van der Waals surface area contributed by atoms with E-state index in [0.717, 1.165) is 17.7 Å². The standard InChI is InChI=1S/C20H26N2O5/c1-21(2)22-14-7-6-8-15(23)18(14)13(11-17(22)24)12-9-10-16(25-3)20(27-5)19(12)26-4/h9-10,13H,6-8,11H2,1-5H3. The molecule has 1 aliphatic heterocycles. The van der Waals surface area contributed by atoms with Gasteiger partial charge in [0.05, 0.1) is 21.3 Å². The number of carbonyl (C=O) groups excluding carboxylic acids is 2. The molecule has 0 aromatic heterocycles. The highest BCUT2D eigenvalue weighted by Gasteiger charge is 2.41. The Morgan fingerprint density at radius 3 is 2.30 bits per heavy atom. The molecule has 7 nitrogen and oxygen atoms in total. The number of carbonyl (C=O) groups is 2. The molecule has 0 spiro atoms. The van der Waals surface area contributed by atoms with Gasteiger partial charge in [-0.2, -0.15) is 0 Å². The molecule has 1 amide bonds. The van der Waals surface area contributed by atoms with Crippen molar-refractivity contribution in [3.63, 3.8) is 0 Å². The van der Waals surface area contributed by atoms with Gasteiger partial charge in [-0.3, -0.25) is 9.59 Å². The first-order valence-electron chi connectivity index (χ1n) is 8.99. The highest BCUT2D eigenvalue weighted by atomic mass is 16.5. The zero-order valence-electron chi connectivity index (χ0n) is 16.5. The second-order valence-electron chi connectivity index (χ2n) is 6.87. The molecular formula is C20H26N2O5. The van der Waals surface area contributed by atoms with E-state index in [0.29, 0.717) is 35.7 Å². The van der Waals surface area contributed by atoms with Crippen LogP contribution in [0.4, 0.5) is 0 Å². The van der Waals surface area contributed by atoms with Gasteiger partial charge in [-0.25, -0.2) is 10.0 Å². The van der Waals surface area contributed by atoms with Crippen LogP contribution in [-0.2, 0) is 9.59 Å². The van der Waals surface area contributed by atoms with Crippen molar-refractivity contribution in [3.8, 4) is 17.2 Å². The fourth-order valence-corrected chi connectivity index (χ4v) is 4.10. The Morgan fingerprint density at radius 1 is 1.00 bits per heavy atom. The Morgan fingerprint density at radius 2 is 1.70 bits per heavy atom. The molecule has 1 atom stereocenters. The lowest BCUT2D eigenvalue weighted by molar-refractivity contribution is -0.143. The fraction of sp³-hybridized carbons (Fsp3) is 0.500. The molecule has 0 saturated heterocycles. The van der Waals surface area contributed by atoms with Gasteiger partial charge in [0.15, 0.2) is 17.3 Å². The molecule has 27 heavy (non-hydrogen) atoms. The van der Waals surface area contributed by atoms with Crippen LogP contribution in [0.5, 0.6) is 17.2 Å². The smallest absolute Gasteiger partial charge is 0.242 e. The molecule has 0 bridgehead atoms. The topological polar surface area (TPSA) is 68.3 Å². The van der Waals surface area contributed by atoms with E-state index in [1.807, 2.05) is 20.2 Å². The minimum Gasteiger partial charge on any atom is -0.493 e. The van der Waals surface area contributed by atoms with Crippen molar-refractivity contribution >= 4 is 11.7 Å². The molecule has 0 N–H and O–H groups in total. The summed E-state index contributed by atoms with van der Waals surface area (Å²) in [6.45, 7) is 0. The lowest BCUT2D eigenvalue weighted by atomic mass is 9.77. The molecule has 1 aromatic rings. The Hall–Kier alpha value is -2.54. The maximum atomic E-state index is 12.9. The van der Waals surface area contributed by atoms with Crippen LogP contribution in [-0.4, -0.2) is 57.1 Å². The number of amides is 1. The number of allylic oxidation sites excluding steroid dienone is 2. The lowest BCUT2D eigenvalue weighted by Gasteiger charge is -2.41. The van der Waals surface area contributed by atoms with Gasteiger partial charge < -0.3 is 14.2 Å². The molecule has 1 unspecified atom stereocenters. The van der Waals surface area contributed by atoms with Gasteiger partial charge in [-0.15, -0.1) is 0 Å². The summed E-state index contributed by atoms with van der Waals surface area (Å²) in [5.74, 6) is 1.21. The Balaban J connectivity index is 2.21. The van der Waals surface area contributed by atoms with Crippen LogP contribution < -0.4 is 14.2 Å². The number of rotatable bonds is 5. The van der Waals surface area contributed by atoms with Crippen molar-refractivity contribution in [1.82, 2.24) is 10.0 Å². The van der Waals surface area contributed by atoms with Gasteiger partial charge in [0.2, 0.25) is 11.7 Å². The van der Waals surface area contributed by atoms with E-state index in [4.69, 9.17) is 14.2 Å². The third-order valence-corrected chi connectivity index (χ3v) is 5.16. The highest BCUT2D eigenvalue weighted by Crippen LogP contribution is 2.49. The van der Waals surface area contributed by atoms with E-state index in [1.165, 1.54) is 0 Å². The van der Waals surface area contributed by atoms with Crippen LogP contribution >= 0.6 is 0 Å². The van der Waals surface area contributed by atoms with Crippen molar-refractivity contribution in [1.29, 1.82) is 0 Å². The van der Waals surface area contributed by atoms with Gasteiger partial charge >= 0.3 is 0 Å². The fourth-order valence-electron chi connectivity index (χ4n) is 4.10. The van der Waals surface area contributed by atoms with Gasteiger partial charge in [0.1, 0.15) is 0 Å². The van der Waals surface area contributed by atoms with E-state index < -0.39 is 0 Å². The van der Waals surface area contributed by atoms with Crippen molar-refractivity contribution < 1.29 is 23.8 Å². The largest absolute Gasteiger partial charge is 0.493 e. The number of hydrogen-bond acceptors (Lipinski definition) is 6. The maximum absolute atomic E-state index is 12.9. The maximum Gasteiger partial charge on any atom is 0.242 e. The van der Waals surface area contributed by atoms with Crippen LogP contribution in [0.2, 0.25) is 0 Å². The number of ketones is 1. The van der Waals surface area contributed by atoms with E-state index in [-0.39, 0.29) is 24.0 Å².